The first-order valence-corrected chi connectivity index (χ1v) is 7.47. The molecule has 0 aromatic heterocycles. The van der Waals surface area contributed by atoms with Gasteiger partial charge in [0.05, 0.1) is 10.5 Å². The Bertz CT molecular complexity index is 614. The van der Waals surface area contributed by atoms with E-state index in [0.29, 0.717) is 12.8 Å². The van der Waals surface area contributed by atoms with Crippen molar-refractivity contribution in [2.75, 3.05) is 0 Å². The van der Waals surface area contributed by atoms with E-state index in [0.717, 1.165) is 5.56 Å². The van der Waals surface area contributed by atoms with Crippen LogP contribution in [0.5, 0.6) is 0 Å². The summed E-state index contributed by atoms with van der Waals surface area (Å²) in [6.07, 6.45) is 1.18. The van der Waals surface area contributed by atoms with Crippen LogP contribution in [0.4, 0.5) is 8.78 Å². The average molecular weight is 355 g/mol. The molecule has 1 atom stereocenters. The number of aryl methyl sites for hydroxylation is 2. The molecule has 0 aliphatic heterocycles. The number of nitrogens with one attached hydrogen (secondary N) is 1. The minimum absolute atomic E-state index is 0.0287. The first-order chi connectivity index (χ1) is 10.0. The summed E-state index contributed by atoms with van der Waals surface area (Å²) in [5.74, 6) is 4.28. The zero-order valence-corrected chi connectivity index (χ0v) is 13.3. The lowest BCUT2D eigenvalue weighted by molar-refractivity contribution is 0.452. The molecule has 1 unspecified atom stereocenters. The highest BCUT2D eigenvalue weighted by atomic mass is 79.9. The molecule has 0 radical (unpaired) electrons. The number of halogens is 3. The number of hydrazine groups is 1. The monoisotopic (exact) mass is 354 g/mol. The zero-order valence-electron chi connectivity index (χ0n) is 11.7. The van der Waals surface area contributed by atoms with Crippen LogP contribution >= 0.6 is 15.9 Å². The van der Waals surface area contributed by atoms with E-state index in [4.69, 9.17) is 5.84 Å². The molecule has 21 heavy (non-hydrogen) atoms. The molecule has 0 aliphatic carbocycles. The molecule has 2 aromatic rings. The van der Waals surface area contributed by atoms with Gasteiger partial charge in [0.25, 0.3) is 0 Å². The Morgan fingerprint density at radius 2 is 1.81 bits per heavy atom. The maximum absolute atomic E-state index is 14.1. The SMILES string of the molecule is Cc1ccc(CCC(NN)c2c(F)ccc(Br)c2F)cc1. The van der Waals surface area contributed by atoms with Crippen molar-refractivity contribution < 1.29 is 8.78 Å². The van der Waals surface area contributed by atoms with Gasteiger partial charge in [-0.25, -0.2) is 8.78 Å². The number of nitrogens with two attached hydrogens (primary N) is 1. The van der Waals surface area contributed by atoms with E-state index in [2.05, 4.69) is 21.4 Å². The molecule has 2 rings (SSSR count). The second-order valence-corrected chi connectivity index (χ2v) is 5.85. The highest BCUT2D eigenvalue weighted by Crippen LogP contribution is 2.29. The Kier molecular flexibility index (Phi) is 5.45. The fraction of sp³-hybridized carbons (Fsp3) is 0.250. The maximum Gasteiger partial charge on any atom is 0.145 e. The lowest BCUT2D eigenvalue weighted by Gasteiger charge is -2.18. The predicted molar refractivity (Wildman–Crippen MR) is 83.6 cm³/mol. The predicted octanol–water partition coefficient (Wildman–Crippen LogP) is 4.17. The third-order valence-corrected chi connectivity index (χ3v) is 4.08. The van der Waals surface area contributed by atoms with Gasteiger partial charge in [0.2, 0.25) is 0 Å². The summed E-state index contributed by atoms with van der Waals surface area (Å²) in [7, 11) is 0. The smallest absolute Gasteiger partial charge is 0.145 e. The molecule has 112 valence electrons. The fourth-order valence-corrected chi connectivity index (χ4v) is 2.58. The van der Waals surface area contributed by atoms with Crippen molar-refractivity contribution >= 4 is 15.9 Å². The first-order valence-electron chi connectivity index (χ1n) is 6.68. The van der Waals surface area contributed by atoms with Gasteiger partial charge in [0, 0.05) is 5.56 Å². The quantitative estimate of drug-likeness (QED) is 0.480. The zero-order chi connectivity index (χ0) is 15.4. The van der Waals surface area contributed by atoms with Crippen LogP contribution in [0.1, 0.15) is 29.2 Å². The van der Waals surface area contributed by atoms with E-state index < -0.39 is 17.7 Å². The largest absolute Gasteiger partial charge is 0.271 e. The van der Waals surface area contributed by atoms with Gasteiger partial charge >= 0.3 is 0 Å². The third-order valence-electron chi connectivity index (χ3n) is 3.47. The van der Waals surface area contributed by atoms with Crippen LogP contribution in [0, 0.1) is 18.6 Å². The molecule has 0 saturated heterocycles. The van der Waals surface area contributed by atoms with Gasteiger partial charge in [-0.05, 0) is 53.4 Å². The molecule has 0 bridgehead atoms. The standard InChI is InChI=1S/C16H17BrF2N2/c1-10-2-4-11(5-3-10)6-9-14(21-20)15-13(18)8-7-12(17)16(15)19/h2-5,7-8,14,21H,6,9,20H2,1H3. The van der Waals surface area contributed by atoms with Crippen molar-refractivity contribution in [3.8, 4) is 0 Å². The molecule has 0 heterocycles. The van der Waals surface area contributed by atoms with E-state index in [1.54, 1.807) is 0 Å². The fourth-order valence-electron chi connectivity index (χ4n) is 2.24. The topological polar surface area (TPSA) is 38.0 Å². The van der Waals surface area contributed by atoms with Crippen molar-refractivity contribution in [2.45, 2.75) is 25.8 Å². The van der Waals surface area contributed by atoms with Gasteiger partial charge in [-0.3, -0.25) is 11.3 Å². The summed E-state index contributed by atoms with van der Waals surface area (Å²) >= 11 is 3.07. The van der Waals surface area contributed by atoms with Crippen LogP contribution in [-0.4, -0.2) is 0 Å². The van der Waals surface area contributed by atoms with Gasteiger partial charge in [0.1, 0.15) is 11.6 Å². The molecule has 0 fully saturated rings. The molecule has 2 nitrogen and oxygen atoms in total. The lowest BCUT2D eigenvalue weighted by Crippen LogP contribution is -2.30. The molecular weight excluding hydrogens is 338 g/mol. The van der Waals surface area contributed by atoms with Crippen LogP contribution in [-0.2, 0) is 6.42 Å². The normalized spacial score (nSPS) is 12.4. The van der Waals surface area contributed by atoms with Crippen LogP contribution in [0.2, 0.25) is 0 Å². The second kappa shape index (κ2) is 7.11. The third kappa shape index (κ3) is 3.87. The van der Waals surface area contributed by atoms with Crippen molar-refractivity contribution in [1.29, 1.82) is 0 Å². The highest BCUT2D eigenvalue weighted by molar-refractivity contribution is 9.10. The van der Waals surface area contributed by atoms with Gasteiger partial charge in [0.15, 0.2) is 0 Å². The van der Waals surface area contributed by atoms with Gasteiger partial charge in [-0.2, -0.15) is 0 Å². The first kappa shape index (κ1) is 16.1. The molecule has 0 amide bonds. The molecule has 0 aliphatic rings. The molecular formula is C16H17BrF2N2. The van der Waals surface area contributed by atoms with E-state index in [-0.39, 0.29) is 10.0 Å². The summed E-state index contributed by atoms with van der Waals surface area (Å²) in [5.41, 5.74) is 4.76. The van der Waals surface area contributed by atoms with Gasteiger partial charge in [-0.1, -0.05) is 29.8 Å². The molecule has 0 saturated carbocycles. The molecule has 5 heteroatoms. The lowest BCUT2D eigenvalue weighted by atomic mass is 9.98. The minimum Gasteiger partial charge on any atom is -0.271 e. The van der Waals surface area contributed by atoms with E-state index >= 15 is 0 Å². The van der Waals surface area contributed by atoms with Crippen molar-refractivity contribution in [3.63, 3.8) is 0 Å². The summed E-state index contributed by atoms with van der Waals surface area (Å²) in [4.78, 5) is 0. The van der Waals surface area contributed by atoms with Crippen molar-refractivity contribution in [3.05, 3.63) is 69.2 Å². The van der Waals surface area contributed by atoms with Crippen LogP contribution in [0.15, 0.2) is 40.9 Å². The van der Waals surface area contributed by atoms with E-state index in [1.165, 1.54) is 17.7 Å². The number of hydrogen-bond donors (Lipinski definition) is 2. The average Bonchev–Trinajstić information content (AvgIpc) is 2.48. The van der Waals surface area contributed by atoms with Crippen LogP contribution in [0.3, 0.4) is 0 Å². The highest BCUT2D eigenvalue weighted by Gasteiger charge is 2.21. The van der Waals surface area contributed by atoms with Gasteiger partial charge < -0.3 is 0 Å². The Morgan fingerprint density at radius 1 is 1.14 bits per heavy atom. The minimum atomic E-state index is -0.609. The molecule has 3 N–H and O–H groups in total. The van der Waals surface area contributed by atoms with Crippen LogP contribution in [0.25, 0.3) is 0 Å². The Morgan fingerprint density at radius 3 is 2.43 bits per heavy atom. The van der Waals surface area contributed by atoms with E-state index in [1.807, 2.05) is 31.2 Å². The van der Waals surface area contributed by atoms with Crippen LogP contribution < -0.4 is 11.3 Å². The van der Waals surface area contributed by atoms with Crippen molar-refractivity contribution in [1.82, 2.24) is 5.43 Å². The summed E-state index contributed by atoms with van der Waals surface area (Å²) < 4.78 is 28.2. The second-order valence-electron chi connectivity index (χ2n) is 5.00. The molecule has 2 aromatic carbocycles. The maximum atomic E-state index is 14.1. The summed E-state index contributed by atoms with van der Waals surface area (Å²) in [6, 6.07) is 10.1. The number of hydrogen-bond acceptors (Lipinski definition) is 2. The van der Waals surface area contributed by atoms with E-state index in [9.17, 15) is 8.78 Å². The van der Waals surface area contributed by atoms with Crippen molar-refractivity contribution in [2.24, 2.45) is 5.84 Å². The Balaban J connectivity index is 2.17. The summed E-state index contributed by atoms with van der Waals surface area (Å²) in [6.45, 7) is 2.01. The summed E-state index contributed by atoms with van der Waals surface area (Å²) in [5, 5.41) is 0. The number of rotatable bonds is 5. The number of benzene rings is 2. The van der Waals surface area contributed by atoms with Gasteiger partial charge in [-0.15, -0.1) is 0 Å². The molecule has 0 spiro atoms. The Hall–Kier alpha value is -1.30. The Labute approximate surface area is 131 Å².